The number of aromatic hydroxyl groups is 1. The molecule has 7 nitrogen and oxygen atoms in total. The standard InChI is InChI=1S/C15H17AsN2O5/c1-10(19)17-13-8-12(20)9-14(15(13)16(21,22)23)18(2)11-6-4-3-5-7-11/h3-9,20H,1-2H3,(H,17,19)(H2,21,22,23). The van der Waals surface area contributed by atoms with Crippen molar-refractivity contribution in [2.24, 2.45) is 0 Å². The van der Waals surface area contributed by atoms with Crippen molar-refractivity contribution in [3.63, 3.8) is 0 Å². The molecule has 0 aliphatic heterocycles. The third-order valence-corrected chi connectivity index (χ3v) is 5.39. The van der Waals surface area contributed by atoms with E-state index in [1.165, 1.54) is 13.0 Å². The van der Waals surface area contributed by atoms with Crippen LogP contribution in [0.25, 0.3) is 0 Å². The average Bonchev–Trinajstić information content (AvgIpc) is 2.44. The molecule has 122 valence electrons. The number of hydrogen-bond donors (Lipinski definition) is 4. The number of para-hydroxylation sites is 1. The molecular formula is C15H17AsN2O5. The van der Waals surface area contributed by atoms with Crippen LogP contribution in [-0.2, 0) is 8.53 Å². The molecule has 0 bridgehead atoms. The van der Waals surface area contributed by atoms with Gasteiger partial charge in [-0.15, -0.1) is 0 Å². The second-order valence-corrected chi connectivity index (χ2v) is 8.20. The van der Waals surface area contributed by atoms with Gasteiger partial charge in [0.2, 0.25) is 0 Å². The molecule has 4 N–H and O–H groups in total. The van der Waals surface area contributed by atoms with E-state index >= 15 is 0 Å². The molecule has 0 aromatic heterocycles. The van der Waals surface area contributed by atoms with Crippen LogP contribution < -0.4 is 14.6 Å². The summed E-state index contributed by atoms with van der Waals surface area (Å²) in [6.45, 7) is 1.22. The molecule has 2 rings (SSSR count). The van der Waals surface area contributed by atoms with E-state index in [0.29, 0.717) is 5.69 Å². The van der Waals surface area contributed by atoms with Gasteiger partial charge in [0, 0.05) is 0 Å². The molecule has 23 heavy (non-hydrogen) atoms. The van der Waals surface area contributed by atoms with Gasteiger partial charge in [-0.25, -0.2) is 0 Å². The van der Waals surface area contributed by atoms with E-state index in [0.717, 1.165) is 6.07 Å². The quantitative estimate of drug-likeness (QED) is 0.581. The Bertz CT molecular complexity index is 773. The molecule has 0 aliphatic carbocycles. The third kappa shape index (κ3) is 3.96. The van der Waals surface area contributed by atoms with E-state index in [1.54, 1.807) is 36.2 Å². The zero-order chi connectivity index (χ0) is 17.2. The van der Waals surface area contributed by atoms with E-state index in [4.69, 9.17) is 0 Å². The van der Waals surface area contributed by atoms with Gasteiger partial charge >= 0.3 is 136 Å². The van der Waals surface area contributed by atoms with Gasteiger partial charge in [0.25, 0.3) is 0 Å². The molecule has 0 saturated carbocycles. The zero-order valence-electron chi connectivity index (χ0n) is 12.6. The van der Waals surface area contributed by atoms with Crippen LogP contribution in [0.4, 0.5) is 17.1 Å². The number of carbonyl (C=O) groups excluding carboxylic acids is 1. The Morgan fingerprint density at radius 3 is 2.30 bits per heavy atom. The molecule has 0 spiro atoms. The number of amides is 1. The van der Waals surface area contributed by atoms with Gasteiger partial charge in [-0.3, -0.25) is 0 Å². The summed E-state index contributed by atoms with van der Waals surface area (Å²) in [5, 5.41) is 12.2. The number of phenols is 1. The van der Waals surface area contributed by atoms with Gasteiger partial charge < -0.3 is 0 Å². The summed E-state index contributed by atoms with van der Waals surface area (Å²) in [6, 6.07) is 11.3. The van der Waals surface area contributed by atoms with Gasteiger partial charge in [-0.2, -0.15) is 0 Å². The molecular weight excluding hydrogens is 363 g/mol. The van der Waals surface area contributed by atoms with Crippen LogP contribution in [0.3, 0.4) is 0 Å². The minimum absolute atomic E-state index is 0.0946. The number of nitrogens with one attached hydrogen (secondary N) is 1. The van der Waals surface area contributed by atoms with Crippen molar-refractivity contribution in [1.82, 2.24) is 0 Å². The summed E-state index contributed by atoms with van der Waals surface area (Å²) in [5.41, 5.74) is 0.715. The van der Waals surface area contributed by atoms with Crippen molar-refractivity contribution in [3.8, 4) is 5.75 Å². The van der Waals surface area contributed by atoms with Gasteiger partial charge in [-0.1, -0.05) is 0 Å². The van der Waals surface area contributed by atoms with Crippen molar-refractivity contribution in [1.29, 1.82) is 0 Å². The molecule has 1 amide bonds. The monoisotopic (exact) mass is 380 g/mol. The molecule has 0 radical (unpaired) electrons. The van der Waals surface area contributed by atoms with Crippen LogP contribution in [0.2, 0.25) is 0 Å². The fourth-order valence-electron chi connectivity index (χ4n) is 2.24. The van der Waals surface area contributed by atoms with Crippen LogP contribution in [0.5, 0.6) is 5.75 Å². The molecule has 0 fully saturated rings. The fraction of sp³-hybridized carbons (Fsp3) is 0.133. The zero-order valence-corrected chi connectivity index (χ0v) is 14.5. The van der Waals surface area contributed by atoms with Crippen molar-refractivity contribution < 1.29 is 21.8 Å². The Hall–Kier alpha value is -2.21. The van der Waals surface area contributed by atoms with E-state index < -0.39 is 20.1 Å². The fourth-order valence-corrected chi connectivity index (χ4v) is 4.23. The summed E-state index contributed by atoms with van der Waals surface area (Å²) in [7, 11) is 1.62. The second kappa shape index (κ2) is 6.50. The first-order chi connectivity index (χ1) is 10.7. The molecule has 0 heterocycles. The molecule has 0 aliphatic rings. The van der Waals surface area contributed by atoms with Crippen LogP contribution in [0, 0.1) is 0 Å². The van der Waals surface area contributed by atoms with Crippen LogP contribution in [0.15, 0.2) is 42.5 Å². The third-order valence-electron chi connectivity index (χ3n) is 3.18. The summed E-state index contributed by atoms with van der Waals surface area (Å²) in [4.78, 5) is 12.8. The Morgan fingerprint density at radius 2 is 1.78 bits per heavy atom. The van der Waals surface area contributed by atoms with Crippen molar-refractivity contribution in [2.75, 3.05) is 17.3 Å². The molecule has 0 atom stereocenters. The number of benzene rings is 2. The first-order valence-electron chi connectivity index (χ1n) is 6.69. The Morgan fingerprint density at radius 1 is 1.17 bits per heavy atom. The average molecular weight is 380 g/mol. The predicted molar refractivity (Wildman–Crippen MR) is 87.4 cm³/mol. The maximum absolute atomic E-state index is 12.0. The number of anilines is 3. The van der Waals surface area contributed by atoms with Gasteiger partial charge in [0.05, 0.1) is 0 Å². The van der Waals surface area contributed by atoms with E-state index in [-0.39, 0.29) is 21.5 Å². The van der Waals surface area contributed by atoms with Crippen molar-refractivity contribution in [3.05, 3.63) is 42.5 Å². The molecule has 2 aromatic carbocycles. The molecule has 0 saturated heterocycles. The molecule has 8 heteroatoms. The first kappa shape index (κ1) is 17.1. The number of rotatable bonds is 4. The number of carbonyl (C=O) groups is 1. The summed E-state index contributed by atoms with van der Waals surface area (Å²) < 4.78 is 31.2. The summed E-state index contributed by atoms with van der Waals surface area (Å²) in [5.74, 6) is -0.701. The van der Waals surface area contributed by atoms with Gasteiger partial charge in [0.1, 0.15) is 0 Å². The SMILES string of the molecule is CC(=O)Nc1cc(O)cc(N(C)c2ccccc2)c1[As](=O)(O)O. The van der Waals surface area contributed by atoms with Crippen molar-refractivity contribution in [2.45, 2.75) is 6.92 Å². The topological polar surface area (TPSA) is 110 Å². The summed E-state index contributed by atoms with van der Waals surface area (Å²) >= 11 is -5.40. The Kier molecular flexibility index (Phi) is 4.84. The Labute approximate surface area is 136 Å². The molecule has 2 aromatic rings. The van der Waals surface area contributed by atoms with E-state index in [9.17, 15) is 21.8 Å². The van der Waals surface area contributed by atoms with E-state index in [1.807, 2.05) is 6.07 Å². The van der Waals surface area contributed by atoms with Crippen LogP contribution >= 0.6 is 0 Å². The van der Waals surface area contributed by atoms with E-state index in [2.05, 4.69) is 5.32 Å². The normalized spacial score (nSPS) is 11.1. The number of nitrogens with zero attached hydrogens (tertiary/aromatic N) is 1. The number of hydrogen-bond acceptors (Lipinski definition) is 4. The predicted octanol–water partition coefficient (Wildman–Crippen LogP) is 0.679. The van der Waals surface area contributed by atoms with Crippen LogP contribution in [0.1, 0.15) is 6.92 Å². The van der Waals surface area contributed by atoms with Crippen LogP contribution in [-0.4, -0.2) is 40.4 Å². The maximum atomic E-state index is 12.0. The second-order valence-electron chi connectivity index (χ2n) is 4.98. The molecule has 0 unspecified atom stereocenters. The first-order valence-corrected chi connectivity index (χ1v) is 10.1. The van der Waals surface area contributed by atoms with Gasteiger partial charge in [-0.05, 0) is 0 Å². The van der Waals surface area contributed by atoms with Gasteiger partial charge in [0.15, 0.2) is 0 Å². The Balaban J connectivity index is 2.69. The number of phenolic OH excluding ortho intramolecular Hbond substituents is 1. The minimum atomic E-state index is -5.40. The summed E-state index contributed by atoms with van der Waals surface area (Å²) in [6.07, 6.45) is 0. The van der Waals surface area contributed by atoms with Crippen molar-refractivity contribution >= 4 is 41.5 Å².